The van der Waals surface area contributed by atoms with E-state index in [0.29, 0.717) is 12.2 Å². The molecule has 186 valence electrons. The predicted molar refractivity (Wildman–Crippen MR) is 130 cm³/mol. The van der Waals surface area contributed by atoms with Crippen molar-refractivity contribution in [3.05, 3.63) is 30.1 Å². The van der Waals surface area contributed by atoms with Crippen molar-refractivity contribution in [1.29, 1.82) is 0 Å². The Kier molecular flexibility index (Phi) is 17.5. The minimum absolute atomic E-state index is 0.00440. The van der Waals surface area contributed by atoms with Crippen LogP contribution in [0.4, 0.5) is 0 Å². The minimum atomic E-state index is -0.439. The number of hydrogen-bond acceptors (Lipinski definition) is 5. The van der Waals surface area contributed by atoms with Crippen LogP contribution in [0.3, 0.4) is 0 Å². The smallest absolute Gasteiger partial charge is 0.306 e. The van der Waals surface area contributed by atoms with Gasteiger partial charge >= 0.3 is 5.97 Å². The van der Waals surface area contributed by atoms with Crippen LogP contribution in [0.25, 0.3) is 0 Å². The van der Waals surface area contributed by atoms with Crippen molar-refractivity contribution in [1.82, 2.24) is 15.8 Å². The van der Waals surface area contributed by atoms with Gasteiger partial charge in [0.25, 0.3) is 5.91 Å². The summed E-state index contributed by atoms with van der Waals surface area (Å²) in [4.78, 5) is 39.1. The van der Waals surface area contributed by atoms with Crippen LogP contribution in [0.1, 0.15) is 120 Å². The summed E-state index contributed by atoms with van der Waals surface area (Å²) in [5.74, 6) is -1.27. The highest BCUT2D eigenvalue weighted by molar-refractivity contribution is 5.95. The summed E-state index contributed by atoms with van der Waals surface area (Å²) in [6, 6.07) is 3.08. The average Bonchev–Trinajstić information content (AvgIpc) is 2.84. The molecule has 7 nitrogen and oxygen atoms in total. The fourth-order valence-corrected chi connectivity index (χ4v) is 3.53. The van der Waals surface area contributed by atoms with Gasteiger partial charge in [-0.1, -0.05) is 90.4 Å². The molecule has 0 aliphatic heterocycles. The van der Waals surface area contributed by atoms with Crippen LogP contribution in [0.2, 0.25) is 0 Å². The summed E-state index contributed by atoms with van der Waals surface area (Å²) in [6.45, 7) is 2.66. The van der Waals surface area contributed by atoms with Gasteiger partial charge in [-0.15, -0.1) is 0 Å². The Morgan fingerprint density at radius 3 is 1.79 bits per heavy atom. The molecule has 0 aromatic carbocycles. The fourth-order valence-electron chi connectivity index (χ4n) is 3.53. The molecule has 0 saturated heterocycles. The van der Waals surface area contributed by atoms with Crippen molar-refractivity contribution in [2.24, 2.45) is 0 Å². The highest BCUT2D eigenvalue weighted by atomic mass is 16.5. The first-order chi connectivity index (χ1) is 16.1. The van der Waals surface area contributed by atoms with Crippen molar-refractivity contribution < 1.29 is 19.1 Å². The van der Waals surface area contributed by atoms with Crippen LogP contribution in [-0.4, -0.2) is 29.4 Å². The number of ether oxygens (including phenoxy) is 1. The van der Waals surface area contributed by atoms with Crippen LogP contribution >= 0.6 is 0 Å². The third-order valence-electron chi connectivity index (χ3n) is 5.58. The third kappa shape index (κ3) is 16.8. The number of carbonyl (C=O) groups excluding carboxylic acids is 3. The maximum atomic E-state index is 11.8. The largest absolute Gasteiger partial charge is 0.466 e. The molecular weight excluding hydrogens is 418 g/mol. The minimum Gasteiger partial charge on any atom is -0.466 e. The quantitative estimate of drug-likeness (QED) is 0.158. The summed E-state index contributed by atoms with van der Waals surface area (Å²) in [6.07, 6.45) is 20.9. The van der Waals surface area contributed by atoms with Gasteiger partial charge < -0.3 is 4.74 Å². The van der Waals surface area contributed by atoms with Crippen molar-refractivity contribution in [2.75, 3.05) is 6.61 Å². The Morgan fingerprint density at radius 1 is 0.727 bits per heavy atom. The fraction of sp³-hybridized carbons (Fsp3) is 0.692. The molecule has 0 radical (unpaired) electrons. The molecule has 7 heteroatoms. The van der Waals surface area contributed by atoms with E-state index in [1.165, 1.54) is 102 Å². The topological polar surface area (TPSA) is 97.4 Å². The van der Waals surface area contributed by atoms with E-state index in [4.69, 9.17) is 4.74 Å². The SMILES string of the molecule is CCCCCCCCCCCCCCCCOC(=O)CCC(=O)NNC(=O)c1ccncc1. The second kappa shape index (κ2) is 20.2. The average molecular weight is 462 g/mol. The molecule has 0 fully saturated rings. The number of nitrogens with zero attached hydrogens (tertiary/aromatic N) is 1. The van der Waals surface area contributed by atoms with Crippen molar-refractivity contribution in [3.8, 4) is 0 Å². The second-order valence-electron chi connectivity index (χ2n) is 8.55. The van der Waals surface area contributed by atoms with Crippen molar-refractivity contribution in [3.63, 3.8) is 0 Å². The maximum Gasteiger partial charge on any atom is 0.306 e. The highest BCUT2D eigenvalue weighted by Gasteiger charge is 2.10. The van der Waals surface area contributed by atoms with E-state index < -0.39 is 11.8 Å². The molecular formula is C26H43N3O4. The van der Waals surface area contributed by atoms with Crippen molar-refractivity contribution in [2.45, 2.75) is 110 Å². The van der Waals surface area contributed by atoms with Gasteiger partial charge in [0.1, 0.15) is 0 Å². The Bertz CT molecular complexity index is 652. The molecule has 0 aliphatic rings. The number of amides is 2. The number of unbranched alkanes of at least 4 members (excludes halogenated alkanes) is 13. The molecule has 0 atom stereocenters. The molecule has 1 aromatic rings. The number of rotatable bonds is 19. The molecule has 0 aliphatic carbocycles. The van der Waals surface area contributed by atoms with Gasteiger partial charge in [-0.05, 0) is 18.6 Å². The second-order valence-corrected chi connectivity index (χ2v) is 8.55. The zero-order valence-corrected chi connectivity index (χ0v) is 20.4. The van der Waals surface area contributed by atoms with E-state index in [1.807, 2.05) is 0 Å². The number of hydrogen-bond donors (Lipinski definition) is 2. The lowest BCUT2D eigenvalue weighted by atomic mass is 10.0. The van der Waals surface area contributed by atoms with E-state index in [9.17, 15) is 14.4 Å². The summed E-state index contributed by atoms with van der Waals surface area (Å²) < 4.78 is 5.18. The lowest BCUT2D eigenvalue weighted by Gasteiger charge is -2.07. The first-order valence-electron chi connectivity index (χ1n) is 12.8. The molecule has 0 bridgehead atoms. The summed E-state index contributed by atoms with van der Waals surface area (Å²) >= 11 is 0. The Morgan fingerprint density at radius 2 is 1.24 bits per heavy atom. The Labute approximate surface area is 199 Å². The van der Waals surface area contributed by atoms with Gasteiger partial charge in [0, 0.05) is 24.4 Å². The number of aromatic nitrogens is 1. The molecule has 33 heavy (non-hydrogen) atoms. The highest BCUT2D eigenvalue weighted by Crippen LogP contribution is 2.13. The van der Waals surface area contributed by atoms with Crippen LogP contribution in [0.15, 0.2) is 24.5 Å². The standard InChI is InChI=1S/C26H43N3O4/c1-2-3-4-5-6-7-8-9-10-11-12-13-14-15-22-33-25(31)17-16-24(30)28-29-26(32)23-18-20-27-21-19-23/h18-21H,2-17,22H2,1H3,(H,28,30)(H,29,32). The van der Waals surface area contributed by atoms with E-state index >= 15 is 0 Å². The van der Waals surface area contributed by atoms with Gasteiger partial charge in [-0.25, -0.2) is 0 Å². The number of hydrazine groups is 1. The van der Waals surface area contributed by atoms with E-state index in [1.54, 1.807) is 0 Å². The van der Waals surface area contributed by atoms with Crippen LogP contribution < -0.4 is 10.9 Å². The van der Waals surface area contributed by atoms with Gasteiger partial charge in [-0.3, -0.25) is 30.2 Å². The monoisotopic (exact) mass is 461 g/mol. The van der Waals surface area contributed by atoms with Crippen LogP contribution in [0.5, 0.6) is 0 Å². The zero-order valence-electron chi connectivity index (χ0n) is 20.4. The van der Waals surface area contributed by atoms with E-state index in [2.05, 4.69) is 22.8 Å². The Hall–Kier alpha value is -2.44. The van der Waals surface area contributed by atoms with Gasteiger partial charge in [0.2, 0.25) is 5.91 Å². The lowest BCUT2D eigenvalue weighted by Crippen LogP contribution is -2.41. The first-order valence-corrected chi connectivity index (χ1v) is 12.8. The number of nitrogens with one attached hydrogen (secondary N) is 2. The van der Waals surface area contributed by atoms with Crippen LogP contribution in [-0.2, 0) is 14.3 Å². The normalized spacial score (nSPS) is 10.6. The number of esters is 1. The molecule has 2 amide bonds. The molecule has 0 unspecified atom stereocenters. The molecule has 1 aromatic heterocycles. The maximum absolute atomic E-state index is 11.8. The number of carbonyl (C=O) groups is 3. The summed E-state index contributed by atoms with van der Waals surface area (Å²) in [5.41, 5.74) is 4.98. The summed E-state index contributed by atoms with van der Waals surface area (Å²) in [5, 5.41) is 0. The molecule has 1 rings (SSSR count). The lowest BCUT2D eigenvalue weighted by molar-refractivity contribution is -0.145. The van der Waals surface area contributed by atoms with E-state index in [0.717, 1.165) is 12.8 Å². The van der Waals surface area contributed by atoms with Crippen LogP contribution in [0, 0.1) is 0 Å². The molecule has 0 saturated carbocycles. The first kappa shape index (κ1) is 28.6. The van der Waals surface area contributed by atoms with E-state index in [-0.39, 0.29) is 18.8 Å². The van der Waals surface area contributed by atoms with Crippen molar-refractivity contribution >= 4 is 17.8 Å². The van der Waals surface area contributed by atoms with Gasteiger partial charge in [-0.2, -0.15) is 0 Å². The molecule has 0 spiro atoms. The number of pyridine rings is 1. The zero-order chi connectivity index (χ0) is 24.0. The predicted octanol–water partition coefficient (Wildman–Crippen LogP) is 5.65. The Balaban J connectivity index is 1.86. The molecule has 2 N–H and O–H groups in total. The summed E-state index contributed by atoms with van der Waals surface area (Å²) in [7, 11) is 0. The van der Waals surface area contributed by atoms with Gasteiger partial charge in [0.05, 0.1) is 13.0 Å². The van der Waals surface area contributed by atoms with Gasteiger partial charge in [0.15, 0.2) is 0 Å². The third-order valence-corrected chi connectivity index (χ3v) is 5.58. The molecule has 1 heterocycles.